The number of amides is 1. The van der Waals surface area contributed by atoms with Gasteiger partial charge in [-0.05, 0) is 25.2 Å². The summed E-state index contributed by atoms with van der Waals surface area (Å²) in [6.07, 6.45) is 9.70. The van der Waals surface area contributed by atoms with Crippen LogP contribution in [0.1, 0.15) is 25.7 Å². The number of hydrogen-bond donors (Lipinski definition) is 1. The summed E-state index contributed by atoms with van der Waals surface area (Å²) >= 11 is 0. The van der Waals surface area contributed by atoms with Gasteiger partial charge in [-0.3, -0.25) is 4.79 Å². The molecule has 1 amide bonds. The summed E-state index contributed by atoms with van der Waals surface area (Å²) in [5.41, 5.74) is 0. The molecule has 0 unspecified atom stereocenters. The van der Waals surface area contributed by atoms with Crippen molar-refractivity contribution < 1.29 is 4.79 Å². The van der Waals surface area contributed by atoms with Gasteiger partial charge in [0.25, 0.3) is 0 Å². The molecule has 102 valence electrons. The topological polar surface area (TPSA) is 58.1 Å². The van der Waals surface area contributed by atoms with Crippen LogP contribution in [0.3, 0.4) is 0 Å². The molecule has 0 saturated carbocycles. The van der Waals surface area contributed by atoms with Crippen LogP contribution < -0.4 is 10.2 Å². The molecule has 0 aromatic carbocycles. The maximum Gasteiger partial charge on any atom is 0.226 e. The minimum Gasteiger partial charge on any atom is -0.363 e. The molecule has 0 bridgehead atoms. The van der Waals surface area contributed by atoms with E-state index in [1.165, 1.54) is 12.7 Å². The van der Waals surface area contributed by atoms with Gasteiger partial charge in [-0.25, -0.2) is 9.97 Å². The summed E-state index contributed by atoms with van der Waals surface area (Å²) in [7, 11) is 3.81. The highest BCUT2D eigenvalue weighted by molar-refractivity contribution is 5.90. The highest BCUT2D eigenvalue weighted by Crippen LogP contribution is 2.20. The van der Waals surface area contributed by atoms with Crippen LogP contribution in [0.25, 0.3) is 0 Å². The molecule has 0 aliphatic heterocycles. The second kappa shape index (κ2) is 6.31. The fraction of sp³-hybridized carbons (Fsp3) is 0.500. The molecular formula is C14H20N4O. The van der Waals surface area contributed by atoms with Crippen LogP contribution in [0.2, 0.25) is 0 Å². The van der Waals surface area contributed by atoms with Crippen LogP contribution in [0.5, 0.6) is 0 Å². The van der Waals surface area contributed by atoms with Crippen molar-refractivity contribution in [2.45, 2.75) is 25.7 Å². The second-order valence-electron chi connectivity index (χ2n) is 5.03. The van der Waals surface area contributed by atoms with Crippen LogP contribution in [-0.2, 0) is 4.79 Å². The maximum absolute atomic E-state index is 11.9. The normalized spacial score (nSPS) is 18.1. The van der Waals surface area contributed by atoms with Crippen molar-refractivity contribution in [2.75, 3.05) is 24.3 Å². The smallest absolute Gasteiger partial charge is 0.226 e. The van der Waals surface area contributed by atoms with Crippen molar-refractivity contribution in [3.63, 3.8) is 0 Å². The minimum absolute atomic E-state index is 0.0138. The van der Waals surface area contributed by atoms with Gasteiger partial charge in [0.05, 0.1) is 0 Å². The number of carbonyl (C=O) groups is 1. The predicted octanol–water partition coefficient (Wildman–Crippen LogP) is 2.23. The molecule has 0 radical (unpaired) electrons. The lowest BCUT2D eigenvalue weighted by atomic mass is 9.93. The molecule has 0 saturated heterocycles. The van der Waals surface area contributed by atoms with E-state index >= 15 is 0 Å². The molecule has 1 atom stereocenters. The van der Waals surface area contributed by atoms with Gasteiger partial charge >= 0.3 is 0 Å². The monoisotopic (exact) mass is 260 g/mol. The summed E-state index contributed by atoms with van der Waals surface area (Å²) < 4.78 is 0. The summed E-state index contributed by atoms with van der Waals surface area (Å²) in [6.45, 7) is 0. The molecule has 2 rings (SSSR count). The molecule has 1 aromatic heterocycles. The quantitative estimate of drug-likeness (QED) is 0.843. The van der Waals surface area contributed by atoms with Gasteiger partial charge in [0.2, 0.25) is 5.91 Å². The number of carbonyl (C=O) groups excluding carboxylic acids is 1. The fourth-order valence-corrected chi connectivity index (χ4v) is 2.14. The first kappa shape index (κ1) is 13.5. The fourth-order valence-electron chi connectivity index (χ4n) is 2.14. The molecule has 1 aliphatic rings. The third-order valence-electron chi connectivity index (χ3n) is 3.18. The van der Waals surface area contributed by atoms with Crippen molar-refractivity contribution in [1.29, 1.82) is 0 Å². The van der Waals surface area contributed by atoms with Gasteiger partial charge in [-0.15, -0.1) is 0 Å². The number of allylic oxidation sites excluding steroid dienone is 2. The van der Waals surface area contributed by atoms with Gasteiger partial charge < -0.3 is 10.2 Å². The summed E-state index contributed by atoms with van der Waals surface area (Å²) in [5, 5.41) is 2.83. The number of nitrogens with zero attached hydrogens (tertiary/aromatic N) is 3. The first-order valence-electron chi connectivity index (χ1n) is 6.61. The maximum atomic E-state index is 11.9. The van der Waals surface area contributed by atoms with Gasteiger partial charge in [-0.2, -0.15) is 0 Å². The van der Waals surface area contributed by atoms with Crippen molar-refractivity contribution in [3.8, 4) is 0 Å². The standard InChI is InChI=1S/C14H20N4O/c1-18(2)13-9-12(15-10-16-13)17-14(19)8-11-6-4-3-5-7-11/h4,6,9-11H,3,5,7-8H2,1-2H3,(H,15,16,17,19)/t11-/m1/s1. The lowest BCUT2D eigenvalue weighted by Crippen LogP contribution is -2.18. The van der Waals surface area contributed by atoms with Crippen LogP contribution in [0.4, 0.5) is 11.6 Å². The Bertz CT molecular complexity index is 470. The molecule has 1 aliphatic carbocycles. The third kappa shape index (κ3) is 4.05. The Morgan fingerprint density at radius 1 is 1.47 bits per heavy atom. The first-order chi connectivity index (χ1) is 9.15. The molecule has 5 nitrogen and oxygen atoms in total. The Kier molecular flexibility index (Phi) is 4.49. The molecule has 0 spiro atoms. The molecule has 5 heteroatoms. The Labute approximate surface area is 113 Å². The largest absolute Gasteiger partial charge is 0.363 e. The van der Waals surface area contributed by atoms with Gasteiger partial charge in [0, 0.05) is 26.6 Å². The Hall–Kier alpha value is -1.91. The average Bonchev–Trinajstić information content (AvgIpc) is 2.40. The second-order valence-corrected chi connectivity index (χ2v) is 5.03. The molecule has 1 heterocycles. The van der Waals surface area contributed by atoms with E-state index in [2.05, 4.69) is 27.4 Å². The summed E-state index contributed by atoms with van der Waals surface area (Å²) in [6, 6.07) is 1.77. The zero-order chi connectivity index (χ0) is 13.7. The summed E-state index contributed by atoms with van der Waals surface area (Å²) in [4.78, 5) is 22.0. The zero-order valence-corrected chi connectivity index (χ0v) is 11.5. The first-order valence-corrected chi connectivity index (χ1v) is 6.61. The third-order valence-corrected chi connectivity index (χ3v) is 3.18. The Morgan fingerprint density at radius 2 is 2.32 bits per heavy atom. The highest BCUT2D eigenvalue weighted by Gasteiger charge is 2.14. The van der Waals surface area contributed by atoms with E-state index in [-0.39, 0.29) is 5.91 Å². The Balaban J connectivity index is 1.93. The van der Waals surface area contributed by atoms with Crippen molar-refractivity contribution in [3.05, 3.63) is 24.5 Å². The van der Waals surface area contributed by atoms with Crippen molar-refractivity contribution in [2.24, 2.45) is 5.92 Å². The van der Waals surface area contributed by atoms with Crippen molar-refractivity contribution >= 4 is 17.5 Å². The number of rotatable bonds is 4. The molecule has 1 N–H and O–H groups in total. The number of aromatic nitrogens is 2. The summed E-state index contributed by atoms with van der Waals surface area (Å²) in [5.74, 6) is 1.72. The van der Waals surface area contributed by atoms with E-state index in [9.17, 15) is 4.79 Å². The van der Waals surface area contributed by atoms with E-state index < -0.39 is 0 Å². The molecule has 19 heavy (non-hydrogen) atoms. The van der Waals surface area contributed by atoms with E-state index in [1.807, 2.05) is 19.0 Å². The van der Waals surface area contributed by atoms with E-state index in [1.54, 1.807) is 6.07 Å². The highest BCUT2D eigenvalue weighted by atomic mass is 16.1. The number of hydrogen-bond acceptors (Lipinski definition) is 4. The van der Waals surface area contributed by atoms with E-state index in [0.29, 0.717) is 18.2 Å². The predicted molar refractivity (Wildman–Crippen MR) is 76.1 cm³/mol. The minimum atomic E-state index is 0.0138. The van der Waals surface area contributed by atoms with E-state index in [4.69, 9.17) is 0 Å². The van der Waals surface area contributed by atoms with Gasteiger partial charge in [0.1, 0.15) is 18.0 Å². The van der Waals surface area contributed by atoms with E-state index in [0.717, 1.165) is 18.7 Å². The van der Waals surface area contributed by atoms with Crippen LogP contribution in [0, 0.1) is 5.92 Å². The van der Waals surface area contributed by atoms with Crippen LogP contribution in [-0.4, -0.2) is 30.0 Å². The van der Waals surface area contributed by atoms with Gasteiger partial charge in [-0.1, -0.05) is 12.2 Å². The van der Waals surface area contributed by atoms with Crippen LogP contribution >= 0.6 is 0 Å². The lowest BCUT2D eigenvalue weighted by Gasteiger charge is -2.16. The SMILES string of the molecule is CN(C)c1cc(NC(=O)C[C@@H]2C=CCCC2)ncn1. The lowest BCUT2D eigenvalue weighted by molar-refractivity contribution is -0.116. The molecular weight excluding hydrogens is 240 g/mol. The number of anilines is 2. The molecule has 0 fully saturated rings. The van der Waals surface area contributed by atoms with Gasteiger partial charge in [0.15, 0.2) is 0 Å². The average molecular weight is 260 g/mol. The van der Waals surface area contributed by atoms with Crippen LogP contribution in [0.15, 0.2) is 24.5 Å². The molecule has 1 aromatic rings. The number of nitrogens with one attached hydrogen (secondary N) is 1. The Morgan fingerprint density at radius 3 is 3.00 bits per heavy atom. The zero-order valence-electron chi connectivity index (χ0n) is 11.5. The van der Waals surface area contributed by atoms with Crippen molar-refractivity contribution in [1.82, 2.24) is 9.97 Å².